The minimum absolute atomic E-state index is 0.0534. The molecule has 5 nitrogen and oxygen atoms in total. The quantitative estimate of drug-likeness (QED) is 0.579. The summed E-state index contributed by atoms with van der Waals surface area (Å²) >= 11 is 1.48. The van der Waals surface area contributed by atoms with E-state index in [-0.39, 0.29) is 12.5 Å². The molecule has 1 saturated carbocycles. The highest BCUT2D eigenvalue weighted by molar-refractivity contribution is 7.15. The first-order valence-electron chi connectivity index (χ1n) is 10.1. The van der Waals surface area contributed by atoms with Crippen molar-refractivity contribution in [1.82, 2.24) is 10.2 Å². The predicted molar refractivity (Wildman–Crippen MR) is 116 cm³/mol. The van der Waals surface area contributed by atoms with Gasteiger partial charge in [-0.05, 0) is 43.0 Å². The minimum Gasteiger partial charge on any atom is -0.484 e. The molecule has 0 saturated heterocycles. The van der Waals surface area contributed by atoms with Gasteiger partial charge in [0.15, 0.2) is 6.61 Å². The normalized spacial score (nSPS) is 14.5. The molecule has 29 heavy (non-hydrogen) atoms. The molecule has 1 N–H and O–H groups in total. The van der Waals surface area contributed by atoms with E-state index in [4.69, 9.17) is 4.74 Å². The van der Waals surface area contributed by atoms with Crippen LogP contribution in [0.5, 0.6) is 5.75 Å². The Bertz CT molecular complexity index is 945. The van der Waals surface area contributed by atoms with Gasteiger partial charge in [-0.2, -0.15) is 0 Å². The van der Waals surface area contributed by atoms with Gasteiger partial charge in [0, 0.05) is 5.92 Å². The Morgan fingerprint density at radius 3 is 2.34 bits per heavy atom. The van der Waals surface area contributed by atoms with Crippen molar-refractivity contribution < 1.29 is 9.53 Å². The molecule has 1 heterocycles. The van der Waals surface area contributed by atoms with Crippen LogP contribution >= 0.6 is 11.3 Å². The largest absolute Gasteiger partial charge is 0.484 e. The van der Waals surface area contributed by atoms with Crippen LogP contribution in [0.4, 0.5) is 5.13 Å². The Morgan fingerprint density at radius 2 is 1.66 bits per heavy atom. The van der Waals surface area contributed by atoms with Crippen molar-refractivity contribution in [1.29, 1.82) is 0 Å². The number of benzene rings is 2. The number of carbonyl (C=O) groups excluding carboxylic acids is 1. The van der Waals surface area contributed by atoms with Crippen LogP contribution in [0.3, 0.4) is 0 Å². The van der Waals surface area contributed by atoms with Crippen LogP contribution in [-0.4, -0.2) is 22.7 Å². The lowest BCUT2D eigenvalue weighted by Gasteiger charge is -2.18. The first kappa shape index (κ1) is 19.6. The van der Waals surface area contributed by atoms with Crippen LogP contribution in [-0.2, 0) is 4.79 Å². The first-order valence-corrected chi connectivity index (χ1v) is 10.9. The van der Waals surface area contributed by atoms with E-state index in [2.05, 4.69) is 46.7 Å². The summed E-state index contributed by atoms with van der Waals surface area (Å²) in [6, 6.07) is 16.2. The third kappa shape index (κ3) is 5.21. The van der Waals surface area contributed by atoms with Crippen molar-refractivity contribution >= 4 is 22.4 Å². The third-order valence-corrected chi connectivity index (χ3v) is 6.25. The van der Waals surface area contributed by atoms with Gasteiger partial charge in [-0.25, -0.2) is 0 Å². The van der Waals surface area contributed by atoms with E-state index >= 15 is 0 Å². The van der Waals surface area contributed by atoms with Gasteiger partial charge in [-0.1, -0.05) is 72.6 Å². The molecular formula is C23H25N3O2S. The standard InChI is InChI=1S/C23H25N3O2S/c1-16-7-9-17(10-8-16)18-11-13-20(14-12-18)28-15-21(27)24-23-26-25-22(29-23)19-5-3-2-4-6-19/h7-14,19H,2-6,15H2,1H3,(H,24,26,27). The minimum atomic E-state index is -0.223. The zero-order valence-electron chi connectivity index (χ0n) is 16.6. The Kier molecular flexibility index (Phi) is 6.20. The molecule has 1 amide bonds. The van der Waals surface area contributed by atoms with Crippen molar-refractivity contribution in [3.8, 4) is 16.9 Å². The second-order valence-corrected chi connectivity index (χ2v) is 8.52. The average molecular weight is 408 g/mol. The summed E-state index contributed by atoms with van der Waals surface area (Å²) in [5, 5.41) is 12.8. The van der Waals surface area contributed by atoms with Crippen molar-refractivity contribution in [3.63, 3.8) is 0 Å². The highest BCUT2D eigenvalue weighted by atomic mass is 32.1. The fourth-order valence-electron chi connectivity index (χ4n) is 3.59. The fourth-order valence-corrected chi connectivity index (χ4v) is 4.52. The second kappa shape index (κ2) is 9.18. The number of nitrogens with zero attached hydrogens (tertiary/aromatic N) is 2. The molecule has 0 bridgehead atoms. The highest BCUT2D eigenvalue weighted by Crippen LogP contribution is 2.35. The van der Waals surface area contributed by atoms with E-state index in [9.17, 15) is 4.79 Å². The summed E-state index contributed by atoms with van der Waals surface area (Å²) in [6.07, 6.45) is 6.15. The first-order chi connectivity index (χ1) is 14.2. The van der Waals surface area contributed by atoms with Gasteiger partial charge in [0.1, 0.15) is 10.8 Å². The Morgan fingerprint density at radius 1 is 1.00 bits per heavy atom. The van der Waals surface area contributed by atoms with Crippen LogP contribution in [0.1, 0.15) is 48.6 Å². The predicted octanol–water partition coefficient (Wildman–Crippen LogP) is 5.58. The molecule has 0 spiro atoms. The molecule has 1 aliphatic carbocycles. The van der Waals surface area contributed by atoms with Crippen LogP contribution in [0.15, 0.2) is 48.5 Å². The van der Waals surface area contributed by atoms with E-state index in [0.29, 0.717) is 16.8 Å². The van der Waals surface area contributed by atoms with Crippen LogP contribution in [0.2, 0.25) is 0 Å². The van der Waals surface area contributed by atoms with Gasteiger partial charge in [0.25, 0.3) is 5.91 Å². The average Bonchev–Trinajstić information content (AvgIpc) is 3.22. The Balaban J connectivity index is 1.28. The van der Waals surface area contributed by atoms with Crippen molar-refractivity contribution in [2.24, 2.45) is 0 Å². The summed E-state index contributed by atoms with van der Waals surface area (Å²) in [5.74, 6) is 0.935. The van der Waals surface area contributed by atoms with E-state index in [1.165, 1.54) is 49.0 Å². The van der Waals surface area contributed by atoms with Crippen LogP contribution in [0.25, 0.3) is 11.1 Å². The molecule has 0 aliphatic heterocycles. The zero-order valence-corrected chi connectivity index (χ0v) is 17.4. The number of carbonyl (C=O) groups is 1. The Hall–Kier alpha value is -2.73. The molecule has 150 valence electrons. The molecule has 0 unspecified atom stereocenters. The summed E-state index contributed by atoms with van der Waals surface area (Å²) in [4.78, 5) is 12.2. The number of rotatable bonds is 6. The van der Waals surface area contributed by atoms with Crippen LogP contribution < -0.4 is 10.1 Å². The molecule has 2 aromatic carbocycles. The molecule has 6 heteroatoms. The molecule has 0 radical (unpaired) electrons. The maximum Gasteiger partial charge on any atom is 0.264 e. The highest BCUT2D eigenvalue weighted by Gasteiger charge is 2.20. The van der Waals surface area contributed by atoms with E-state index < -0.39 is 0 Å². The van der Waals surface area contributed by atoms with Crippen molar-refractivity contribution in [3.05, 3.63) is 59.1 Å². The molecule has 1 aromatic heterocycles. The lowest BCUT2D eigenvalue weighted by molar-refractivity contribution is -0.118. The molecule has 0 atom stereocenters. The van der Waals surface area contributed by atoms with Gasteiger partial charge in [-0.15, -0.1) is 10.2 Å². The summed E-state index contributed by atoms with van der Waals surface area (Å²) in [6.45, 7) is 2.02. The van der Waals surface area contributed by atoms with Gasteiger partial charge >= 0.3 is 0 Å². The number of amides is 1. The number of hydrogen-bond acceptors (Lipinski definition) is 5. The molecule has 4 rings (SSSR count). The molecular weight excluding hydrogens is 382 g/mol. The van der Waals surface area contributed by atoms with Crippen LogP contribution in [0, 0.1) is 6.92 Å². The van der Waals surface area contributed by atoms with Crippen molar-refractivity contribution in [2.75, 3.05) is 11.9 Å². The molecule has 3 aromatic rings. The summed E-state index contributed by atoms with van der Waals surface area (Å²) in [7, 11) is 0. The number of nitrogens with one attached hydrogen (secondary N) is 1. The summed E-state index contributed by atoms with van der Waals surface area (Å²) in [5.41, 5.74) is 3.51. The van der Waals surface area contributed by atoms with E-state index in [1.807, 2.05) is 24.3 Å². The van der Waals surface area contributed by atoms with Gasteiger partial charge in [0.05, 0.1) is 0 Å². The maximum absolute atomic E-state index is 12.2. The number of aromatic nitrogens is 2. The lowest BCUT2D eigenvalue weighted by Crippen LogP contribution is -2.20. The second-order valence-electron chi connectivity index (χ2n) is 7.51. The lowest BCUT2D eigenvalue weighted by atomic mass is 9.90. The number of ether oxygens (including phenoxy) is 1. The van der Waals surface area contributed by atoms with Crippen molar-refractivity contribution in [2.45, 2.75) is 44.9 Å². The van der Waals surface area contributed by atoms with Gasteiger partial charge in [-0.3, -0.25) is 10.1 Å². The molecule has 1 aliphatic rings. The molecule has 1 fully saturated rings. The van der Waals surface area contributed by atoms with Gasteiger partial charge < -0.3 is 4.74 Å². The maximum atomic E-state index is 12.2. The van der Waals surface area contributed by atoms with E-state index in [1.54, 1.807) is 0 Å². The zero-order chi connectivity index (χ0) is 20.1. The number of anilines is 1. The number of aryl methyl sites for hydroxylation is 1. The number of hydrogen-bond donors (Lipinski definition) is 1. The Labute approximate surface area is 175 Å². The summed E-state index contributed by atoms with van der Waals surface area (Å²) < 4.78 is 5.62. The fraction of sp³-hybridized carbons (Fsp3) is 0.348. The topological polar surface area (TPSA) is 64.1 Å². The van der Waals surface area contributed by atoms with E-state index in [0.717, 1.165) is 16.1 Å². The third-order valence-electron chi connectivity index (χ3n) is 5.25. The van der Waals surface area contributed by atoms with Gasteiger partial charge in [0.2, 0.25) is 5.13 Å². The monoisotopic (exact) mass is 407 g/mol. The SMILES string of the molecule is Cc1ccc(-c2ccc(OCC(=O)Nc3nnc(C4CCCCC4)s3)cc2)cc1. The smallest absolute Gasteiger partial charge is 0.264 e.